The molecule has 0 saturated heterocycles. The molecule has 0 unspecified atom stereocenters. The van der Waals surface area contributed by atoms with Gasteiger partial charge in [0.05, 0.1) is 6.61 Å². The van der Waals surface area contributed by atoms with Crippen LogP contribution in [0.25, 0.3) is 0 Å². The Labute approximate surface area is 101 Å². The first-order chi connectivity index (χ1) is 7.85. The number of hydrogen-bond acceptors (Lipinski definition) is 2. The third kappa shape index (κ3) is 10.2. The topological polar surface area (TPSA) is 35.2 Å². The molecule has 0 fully saturated rings. The molecule has 0 rings (SSSR count). The second-order valence-electron chi connectivity index (χ2n) is 4.39. The molecule has 0 aromatic heterocycles. The van der Waals surface area contributed by atoms with Crippen LogP contribution in [0.15, 0.2) is 11.6 Å². The van der Waals surface area contributed by atoms with Crippen LogP contribution in [0.4, 0.5) is 0 Å². The summed E-state index contributed by atoms with van der Waals surface area (Å²) in [4.78, 5) is 0. The van der Waals surface area contributed by atoms with Crippen molar-refractivity contribution < 1.29 is 4.74 Å². The van der Waals surface area contributed by atoms with Crippen LogP contribution in [-0.2, 0) is 4.74 Å². The average Bonchev–Trinajstić information content (AvgIpc) is 2.30. The fraction of sp³-hybridized carbons (Fsp3) is 0.857. The van der Waals surface area contributed by atoms with Gasteiger partial charge in [0, 0.05) is 7.11 Å². The van der Waals surface area contributed by atoms with Gasteiger partial charge in [0.25, 0.3) is 0 Å². The lowest BCUT2D eigenvalue weighted by Crippen LogP contribution is -2.02. The minimum absolute atomic E-state index is 0.773. The van der Waals surface area contributed by atoms with E-state index in [1.165, 1.54) is 44.1 Å². The van der Waals surface area contributed by atoms with Crippen LogP contribution in [0.3, 0.4) is 0 Å². The standard InChI is InChI=1S/C14H29NO/c1-3-4-5-6-7-8-10-14(13-16-2)11-9-12-15/h10H,3-9,11-13,15H2,1-2H3/b14-10-. The third-order valence-electron chi connectivity index (χ3n) is 2.77. The van der Waals surface area contributed by atoms with Gasteiger partial charge in [-0.1, -0.05) is 38.7 Å². The van der Waals surface area contributed by atoms with Gasteiger partial charge in [-0.2, -0.15) is 0 Å². The van der Waals surface area contributed by atoms with Gasteiger partial charge >= 0.3 is 0 Å². The van der Waals surface area contributed by atoms with Crippen molar-refractivity contribution in [3.63, 3.8) is 0 Å². The van der Waals surface area contributed by atoms with E-state index < -0.39 is 0 Å². The zero-order valence-electron chi connectivity index (χ0n) is 11.1. The molecule has 0 aliphatic rings. The molecule has 2 nitrogen and oxygen atoms in total. The maximum Gasteiger partial charge on any atom is 0.0673 e. The first kappa shape index (κ1) is 15.7. The quantitative estimate of drug-likeness (QED) is 0.432. The Morgan fingerprint density at radius 1 is 1.12 bits per heavy atom. The Hall–Kier alpha value is -0.340. The summed E-state index contributed by atoms with van der Waals surface area (Å²) in [5.74, 6) is 0. The zero-order valence-corrected chi connectivity index (χ0v) is 11.1. The summed E-state index contributed by atoms with van der Waals surface area (Å²) in [6, 6.07) is 0. The van der Waals surface area contributed by atoms with E-state index in [1.807, 2.05) is 0 Å². The highest BCUT2D eigenvalue weighted by molar-refractivity contribution is 5.02. The lowest BCUT2D eigenvalue weighted by atomic mass is 10.1. The van der Waals surface area contributed by atoms with Gasteiger partial charge in [-0.15, -0.1) is 0 Å². The number of nitrogens with two attached hydrogens (primary N) is 1. The minimum atomic E-state index is 0.773. The molecule has 0 spiro atoms. The Balaban J connectivity index is 3.58. The molecular weight excluding hydrogens is 198 g/mol. The molecule has 16 heavy (non-hydrogen) atoms. The summed E-state index contributed by atoms with van der Waals surface area (Å²) in [5.41, 5.74) is 6.93. The highest BCUT2D eigenvalue weighted by Gasteiger charge is 1.96. The fourth-order valence-corrected chi connectivity index (χ4v) is 1.80. The maximum absolute atomic E-state index is 5.51. The van der Waals surface area contributed by atoms with Crippen LogP contribution >= 0.6 is 0 Å². The van der Waals surface area contributed by atoms with Gasteiger partial charge < -0.3 is 10.5 Å². The molecule has 0 radical (unpaired) electrons. The van der Waals surface area contributed by atoms with Crippen LogP contribution in [0, 0.1) is 0 Å². The molecule has 0 saturated carbocycles. The van der Waals surface area contributed by atoms with E-state index in [1.54, 1.807) is 7.11 Å². The van der Waals surface area contributed by atoms with Crippen molar-refractivity contribution in [2.75, 3.05) is 20.3 Å². The normalized spacial score (nSPS) is 12.1. The summed E-state index contributed by atoms with van der Waals surface area (Å²) in [6.45, 7) is 3.80. The fourth-order valence-electron chi connectivity index (χ4n) is 1.80. The second-order valence-corrected chi connectivity index (χ2v) is 4.39. The van der Waals surface area contributed by atoms with Crippen LogP contribution in [0.2, 0.25) is 0 Å². The van der Waals surface area contributed by atoms with Gasteiger partial charge in [-0.3, -0.25) is 0 Å². The van der Waals surface area contributed by atoms with Crippen molar-refractivity contribution in [1.82, 2.24) is 0 Å². The van der Waals surface area contributed by atoms with Crippen molar-refractivity contribution in [1.29, 1.82) is 0 Å². The first-order valence-electron chi connectivity index (χ1n) is 6.72. The predicted molar refractivity (Wildman–Crippen MR) is 71.6 cm³/mol. The lowest BCUT2D eigenvalue weighted by molar-refractivity contribution is 0.222. The van der Waals surface area contributed by atoms with Crippen molar-refractivity contribution >= 4 is 0 Å². The zero-order chi connectivity index (χ0) is 12.1. The van der Waals surface area contributed by atoms with E-state index >= 15 is 0 Å². The van der Waals surface area contributed by atoms with E-state index in [2.05, 4.69) is 13.0 Å². The summed E-state index contributed by atoms with van der Waals surface area (Å²) >= 11 is 0. The van der Waals surface area contributed by atoms with Crippen LogP contribution in [-0.4, -0.2) is 20.3 Å². The Kier molecular flexibility index (Phi) is 12.5. The van der Waals surface area contributed by atoms with Crippen LogP contribution in [0.1, 0.15) is 58.3 Å². The number of methoxy groups -OCH3 is 1. The predicted octanol–water partition coefficient (Wildman–Crippen LogP) is 3.66. The van der Waals surface area contributed by atoms with Crippen molar-refractivity contribution in [3.05, 3.63) is 11.6 Å². The van der Waals surface area contributed by atoms with Crippen molar-refractivity contribution in [2.24, 2.45) is 5.73 Å². The molecule has 2 heteroatoms. The molecular formula is C14H29NO. The van der Waals surface area contributed by atoms with Gasteiger partial charge in [-0.05, 0) is 37.8 Å². The molecule has 0 aliphatic heterocycles. The first-order valence-corrected chi connectivity index (χ1v) is 6.72. The Morgan fingerprint density at radius 3 is 2.50 bits per heavy atom. The lowest BCUT2D eigenvalue weighted by Gasteiger charge is -2.05. The van der Waals surface area contributed by atoms with E-state index in [9.17, 15) is 0 Å². The molecule has 0 amide bonds. The van der Waals surface area contributed by atoms with E-state index in [-0.39, 0.29) is 0 Å². The van der Waals surface area contributed by atoms with E-state index in [0.717, 1.165) is 26.0 Å². The second kappa shape index (κ2) is 12.7. The maximum atomic E-state index is 5.51. The SMILES string of the molecule is CCCCCCC/C=C(/CCCN)COC. The number of allylic oxidation sites excluding steroid dienone is 1. The number of hydrogen-bond donors (Lipinski definition) is 1. The third-order valence-corrected chi connectivity index (χ3v) is 2.77. The molecule has 0 aromatic rings. The molecule has 96 valence electrons. The van der Waals surface area contributed by atoms with E-state index in [0.29, 0.717) is 0 Å². The molecule has 0 bridgehead atoms. The van der Waals surface area contributed by atoms with Gasteiger partial charge in [0.1, 0.15) is 0 Å². The summed E-state index contributed by atoms with van der Waals surface area (Å²) in [6.07, 6.45) is 12.5. The highest BCUT2D eigenvalue weighted by atomic mass is 16.5. The van der Waals surface area contributed by atoms with Gasteiger partial charge in [-0.25, -0.2) is 0 Å². The van der Waals surface area contributed by atoms with Crippen molar-refractivity contribution in [2.45, 2.75) is 58.3 Å². The van der Waals surface area contributed by atoms with E-state index in [4.69, 9.17) is 10.5 Å². The van der Waals surface area contributed by atoms with Gasteiger partial charge in [0.2, 0.25) is 0 Å². The van der Waals surface area contributed by atoms with Crippen LogP contribution < -0.4 is 5.73 Å². The Morgan fingerprint density at radius 2 is 1.88 bits per heavy atom. The highest BCUT2D eigenvalue weighted by Crippen LogP contribution is 2.10. The number of rotatable bonds is 11. The minimum Gasteiger partial charge on any atom is -0.380 e. The molecule has 2 N–H and O–H groups in total. The smallest absolute Gasteiger partial charge is 0.0673 e. The average molecular weight is 227 g/mol. The summed E-state index contributed by atoms with van der Waals surface area (Å²) < 4.78 is 5.19. The monoisotopic (exact) mass is 227 g/mol. The summed E-state index contributed by atoms with van der Waals surface area (Å²) in [7, 11) is 1.76. The summed E-state index contributed by atoms with van der Waals surface area (Å²) in [5, 5.41) is 0. The number of ether oxygens (including phenoxy) is 1. The molecule has 0 atom stereocenters. The van der Waals surface area contributed by atoms with Crippen molar-refractivity contribution in [3.8, 4) is 0 Å². The van der Waals surface area contributed by atoms with Crippen LogP contribution in [0.5, 0.6) is 0 Å². The molecule has 0 aromatic carbocycles. The largest absolute Gasteiger partial charge is 0.380 e. The van der Waals surface area contributed by atoms with Gasteiger partial charge in [0.15, 0.2) is 0 Å². The Bertz CT molecular complexity index is 166. The number of unbranched alkanes of at least 4 members (excludes halogenated alkanes) is 5. The molecule has 0 heterocycles. The molecule has 0 aliphatic carbocycles.